The number of nitrogens with two attached hydrogens (primary N) is 1. The van der Waals surface area contributed by atoms with Crippen LogP contribution >= 0.6 is 0 Å². The van der Waals surface area contributed by atoms with Crippen molar-refractivity contribution in [3.05, 3.63) is 24.3 Å². The molecule has 2 rings (SSSR count). The molecule has 3 nitrogen and oxygen atoms in total. The van der Waals surface area contributed by atoms with E-state index in [0.29, 0.717) is 0 Å². The highest BCUT2D eigenvalue weighted by molar-refractivity contribution is 5.39. The molecule has 2 unspecified atom stereocenters. The maximum Gasteiger partial charge on any atom is 0.161 e. The van der Waals surface area contributed by atoms with Gasteiger partial charge in [-0.05, 0) is 31.4 Å². The third kappa shape index (κ3) is 2.23. The van der Waals surface area contributed by atoms with Gasteiger partial charge in [-0.2, -0.15) is 0 Å². The van der Waals surface area contributed by atoms with Crippen LogP contribution in [0.2, 0.25) is 0 Å². The van der Waals surface area contributed by atoms with Crippen LogP contribution in [0.4, 0.5) is 0 Å². The zero-order valence-electron chi connectivity index (χ0n) is 8.98. The zero-order chi connectivity index (χ0) is 10.7. The number of hydrogen-bond donors (Lipinski definition) is 1. The van der Waals surface area contributed by atoms with Gasteiger partial charge in [-0.15, -0.1) is 0 Å². The van der Waals surface area contributed by atoms with E-state index in [4.69, 9.17) is 15.2 Å². The van der Waals surface area contributed by atoms with E-state index in [2.05, 4.69) is 0 Å². The fourth-order valence-corrected chi connectivity index (χ4v) is 1.98. The van der Waals surface area contributed by atoms with Crippen molar-refractivity contribution in [1.82, 2.24) is 0 Å². The first-order chi connectivity index (χ1) is 7.31. The number of hydrogen-bond acceptors (Lipinski definition) is 3. The maximum atomic E-state index is 5.95. The van der Waals surface area contributed by atoms with Crippen LogP contribution in [0.3, 0.4) is 0 Å². The lowest BCUT2D eigenvalue weighted by atomic mass is 10.2. The molecule has 2 atom stereocenters. The molecule has 0 amide bonds. The van der Waals surface area contributed by atoms with Crippen molar-refractivity contribution >= 4 is 0 Å². The van der Waals surface area contributed by atoms with Crippen LogP contribution in [0, 0.1) is 0 Å². The predicted molar refractivity (Wildman–Crippen MR) is 59.2 cm³/mol. The number of benzene rings is 1. The lowest BCUT2D eigenvalue weighted by Gasteiger charge is -2.19. The van der Waals surface area contributed by atoms with E-state index in [-0.39, 0.29) is 12.1 Å². The summed E-state index contributed by atoms with van der Waals surface area (Å²) in [5.74, 6) is 1.57. The van der Waals surface area contributed by atoms with Crippen LogP contribution in [0.15, 0.2) is 24.3 Å². The smallest absolute Gasteiger partial charge is 0.161 e. The molecule has 15 heavy (non-hydrogen) atoms. The summed E-state index contributed by atoms with van der Waals surface area (Å²) >= 11 is 0. The molecule has 0 aromatic heterocycles. The van der Waals surface area contributed by atoms with E-state index >= 15 is 0 Å². The topological polar surface area (TPSA) is 44.5 Å². The van der Waals surface area contributed by atoms with E-state index in [0.717, 1.165) is 30.8 Å². The average molecular weight is 207 g/mol. The Morgan fingerprint density at radius 3 is 2.53 bits per heavy atom. The number of methoxy groups -OCH3 is 1. The molecule has 0 saturated heterocycles. The highest BCUT2D eigenvalue weighted by atomic mass is 16.5. The molecule has 3 heteroatoms. The third-order valence-electron chi connectivity index (χ3n) is 2.85. The van der Waals surface area contributed by atoms with E-state index < -0.39 is 0 Å². The van der Waals surface area contributed by atoms with Gasteiger partial charge < -0.3 is 15.2 Å². The lowest BCUT2D eigenvalue weighted by molar-refractivity contribution is 0.184. The molecule has 1 aromatic carbocycles. The standard InChI is InChI=1S/C12H17NO2/c1-14-11-6-2-3-7-12(11)15-10-8-4-5-9(10)13/h2-3,6-7,9-10H,4-5,8,13H2,1H3. The van der Waals surface area contributed by atoms with Gasteiger partial charge >= 0.3 is 0 Å². The molecule has 1 aromatic rings. The van der Waals surface area contributed by atoms with Crippen LogP contribution in [0.25, 0.3) is 0 Å². The molecule has 0 radical (unpaired) electrons. The van der Waals surface area contributed by atoms with Gasteiger partial charge in [0.2, 0.25) is 0 Å². The van der Waals surface area contributed by atoms with Crippen LogP contribution in [-0.4, -0.2) is 19.3 Å². The Bertz CT molecular complexity index is 327. The Balaban J connectivity index is 2.09. The quantitative estimate of drug-likeness (QED) is 0.824. The summed E-state index contributed by atoms with van der Waals surface area (Å²) in [7, 11) is 1.65. The summed E-state index contributed by atoms with van der Waals surface area (Å²) in [5.41, 5.74) is 5.95. The van der Waals surface area contributed by atoms with Crippen molar-refractivity contribution in [2.45, 2.75) is 31.4 Å². The van der Waals surface area contributed by atoms with Gasteiger partial charge in [0.25, 0.3) is 0 Å². The van der Waals surface area contributed by atoms with Gasteiger partial charge in [0.15, 0.2) is 11.5 Å². The van der Waals surface area contributed by atoms with Crippen molar-refractivity contribution in [2.75, 3.05) is 7.11 Å². The highest BCUT2D eigenvalue weighted by Crippen LogP contribution is 2.30. The fraction of sp³-hybridized carbons (Fsp3) is 0.500. The van der Waals surface area contributed by atoms with Crippen molar-refractivity contribution in [1.29, 1.82) is 0 Å². The molecule has 1 aliphatic carbocycles. The van der Waals surface area contributed by atoms with E-state index in [1.807, 2.05) is 24.3 Å². The second kappa shape index (κ2) is 4.53. The van der Waals surface area contributed by atoms with E-state index in [1.165, 1.54) is 0 Å². The van der Waals surface area contributed by atoms with Gasteiger partial charge in [0.1, 0.15) is 6.10 Å². The number of ether oxygens (including phenoxy) is 2. The van der Waals surface area contributed by atoms with E-state index in [1.54, 1.807) is 7.11 Å². The molecular weight excluding hydrogens is 190 g/mol. The third-order valence-corrected chi connectivity index (χ3v) is 2.85. The maximum absolute atomic E-state index is 5.95. The van der Waals surface area contributed by atoms with Gasteiger partial charge in [-0.25, -0.2) is 0 Å². The number of para-hydroxylation sites is 2. The summed E-state index contributed by atoms with van der Waals surface area (Å²) in [6, 6.07) is 7.85. The molecule has 0 spiro atoms. The Morgan fingerprint density at radius 1 is 1.20 bits per heavy atom. The highest BCUT2D eigenvalue weighted by Gasteiger charge is 2.26. The molecule has 2 N–H and O–H groups in total. The molecule has 1 aliphatic rings. The van der Waals surface area contributed by atoms with Crippen LogP contribution in [0.5, 0.6) is 11.5 Å². The second-order valence-corrected chi connectivity index (χ2v) is 3.90. The average Bonchev–Trinajstić information content (AvgIpc) is 2.65. The summed E-state index contributed by atoms with van der Waals surface area (Å²) in [6.45, 7) is 0. The fourth-order valence-electron chi connectivity index (χ4n) is 1.98. The van der Waals surface area contributed by atoms with Crippen molar-refractivity contribution in [2.24, 2.45) is 5.73 Å². The first-order valence-corrected chi connectivity index (χ1v) is 5.36. The minimum atomic E-state index is 0.140. The van der Waals surface area contributed by atoms with Crippen molar-refractivity contribution in [3.8, 4) is 11.5 Å². The van der Waals surface area contributed by atoms with Crippen LogP contribution in [-0.2, 0) is 0 Å². The molecule has 0 aliphatic heterocycles. The van der Waals surface area contributed by atoms with Gasteiger partial charge in [-0.3, -0.25) is 0 Å². The first kappa shape index (κ1) is 10.3. The monoisotopic (exact) mass is 207 g/mol. The molecule has 1 saturated carbocycles. The van der Waals surface area contributed by atoms with Crippen LogP contribution < -0.4 is 15.2 Å². The van der Waals surface area contributed by atoms with Gasteiger partial charge in [0, 0.05) is 6.04 Å². The largest absolute Gasteiger partial charge is 0.493 e. The second-order valence-electron chi connectivity index (χ2n) is 3.90. The molecular formula is C12H17NO2. The van der Waals surface area contributed by atoms with Crippen LogP contribution in [0.1, 0.15) is 19.3 Å². The Labute approximate surface area is 90.2 Å². The van der Waals surface area contributed by atoms with Crippen molar-refractivity contribution in [3.63, 3.8) is 0 Å². The normalized spacial score (nSPS) is 25.2. The van der Waals surface area contributed by atoms with Gasteiger partial charge in [-0.1, -0.05) is 12.1 Å². The summed E-state index contributed by atoms with van der Waals surface area (Å²) in [6.07, 6.45) is 3.39. The molecule has 1 fully saturated rings. The number of rotatable bonds is 3. The first-order valence-electron chi connectivity index (χ1n) is 5.36. The van der Waals surface area contributed by atoms with Crippen molar-refractivity contribution < 1.29 is 9.47 Å². The minimum absolute atomic E-state index is 0.140. The predicted octanol–water partition coefficient (Wildman–Crippen LogP) is 1.95. The summed E-state index contributed by atoms with van der Waals surface area (Å²) in [4.78, 5) is 0. The molecule has 0 bridgehead atoms. The van der Waals surface area contributed by atoms with E-state index in [9.17, 15) is 0 Å². The lowest BCUT2D eigenvalue weighted by Crippen LogP contribution is -2.33. The Morgan fingerprint density at radius 2 is 1.93 bits per heavy atom. The Kier molecular flexibility index (Phi) is 3.11. The molecule has 0 heterocycles. The molecule has 82 valence electrons. The van der Waals surface area contributed by atoms with Gasteiger partial charge in [0.05, 0.1) is 7.11 Å². The Hall–Kier alpha value is -1.22. The summed E-state index contributed by atoms with van der Waals surface area (Å²) in [5, 5.41) is 0. The SMILES string of the molecule is COc1ccccc1OC1CCCC1N. The minimum Gasteiger partial charge on any atom is -0.493 e. The zero-order valence-corrected chi connectivity index (χ0v) is 8.98. The summed E-state index contributed by atoms with van der Waals surface area (Å²) < 4.78 is 11.1.